The molecule has 0 fully saturated rings. The third kappa shape index (κ3) is 3.85. The van der Waals surface area contributed by atoms with Crippen LogP contribution in [0.5, 0.6) is 11.5 Å². The van der Waals surface area contributed by atoms with Gasteiger partial charge < -0.3 is 24.3 Å². The number of benzene rings is 1. The number of amides is 1. The molecule has 24 heavy (non-hydrogen) atoms. The Bertz CT molecular complexity index is 728. The monoisotopic (exact) mass is 332 g/mol. The predicted octanol–water partition coefficient (Wildman–Crippen LogP) is 1.58. The standard InChI is InChI=1S/C16H16N2O6/c19-15(18-10-3-4-13-14(6-10)24-9-23-13)7-12(16(20)21)17-8-11-2-1-5-22-11/h1-6,12,17H,7-9H2,(H,18,19)(H,20,21). The summed E-state index contributed by atoms with van der Waals surface area (Å²) in [5.74, 6) is 0.211. The SMILES string of the molecule is O=C(CC(NCc1ccco1)C(=O)O)Nc1ccc2c(c1)OCO2. The Morgan fingerprint density at radius 1 is 1.21 bits per heavy atom. The summed E-state index contributed by atoms with van der Waals surface area (Å²) in [5, 5.41) is 14.7. The molecule has 0 spiro atoms. The van der Waals surface area contributed by atoms with Crippen LogP contribution in [0.4, 0.5) is 5.69 Å². The van der Waals surface area contributed by atoms with Crippen molar-refractivity contribution in [2.24, 2.45) is 0 Å². The summed E-state index contributed by atoms with van der Waals surface area (Å²) >= 11 is 0. The van der Waals surface area contributed by atoms with Gasteiger partial charge in [0.1, 0.15) is 11.8 Å². The summed E-state index contributed by atoms with van der Waals surface area (Å²) in [4.78, 5) is 23.4. The molecule has 8 heteroatoms. The number of anilines is 1. The maximum absolute atomic E-state index is 12.1. The highest BCUT2D eigenvalue weighted by atomic mass is 16.7. The molecule has 1 aromatic heterocycles. The minimum absolute atomic E-state index is 0.143. The van der Waals surface area contributed by atoms with Crippen LogP contribution in [0.2, 0.25) is 0 Å². The molecular formula is C16H16N2O6. The van der Waals surface area contributed by atoms with Crippen LogP contribution < -0.4 is 20.1 Å². The summed E-state index contributed by atoms with van der Waals surface area (Å²) in [5.41, 5.74) is 0.513. The summed E-state index contributed by atoms with van der Waals surface area (Å²) in [7, 11) is 0. The van der Waals surface area contributed by atoms with E-state index in [0.29, 0.717) is 22.9 Å². The number of ether oxygens (including phenoxy) is 2. The maximum atomic E-state index is 12.1. The van der Waals surface area contributed by atoms with Crippen LogP contribution in [-0.4, -0.2) is 29.8 Å². The minimum Gasteiger partial charge on any atom is -0.480 e. The smallest absolute Gasteiger partial charge is 0.321 e. The van der Waals surface area contributed by atoms with Gasteiger partial charge in [-0.05, 0) is 24.3 Å². The molecule has 1 atom stereocenters. The van der Waals surface area contributed by atoms with Crippen LogP contribution in [0.25, 0.3) is 0 Å². The Morgan fingerprint density at radius 3 is 2.79 bits per heavy atom. The van der Waals surface area contributed by atoms with E-state index in [0.717, 1.165) is 0 Å². The van der Waals surface area contributed by atoms with E-state index in [4.69, 9.17) is 13.9 Å². The summed E-state index contributed by atoms with van der Waals surface area (Å²) in [6.45, 7) is 0.367. The number of nitrogens with one attached hydrogen (secondary N) is 2. The van der Waals surface area contributed by atoms with Crippen molar-refractivity contribution in [3.63, 3.8) is 0 Å². The van der Waals surface area contributed by atoms with Gasteiger partial charge in [0, 0.05) is 11.8 Å². The van der Waals surface area contributed by atoms with Crippen molar-refractivity contribution in [1.29, 1.82) is 0 Å². The molecule has 0 saturated heterocycles. The van der Waals surface area contributed by atoms with Crippen LogP contribution in [-0.2, 0) is 16.1 Å². The number of fused-ring (bicyclic) bond motifs is 1. The number of furan rings is 1. The van der Waals surface area contributed by atoms with Gasteiger partial charge in [0.15, 0.2) is 11.5 Å². The fraction of sp³-hybridized carbons (Fsp3) is 0.250. The van der Waals surface area contributed by atoms with E-state index in [1.807, 2.05) is 0 Å². The number of hydrogen-bond acceptors (Lipinski definition) is 6. The zero-order valence-corrected chi connectivity index (χ0v) is 12.7. The average molecular weight is 332 g/mol. The van der Waals surface area contributed by atoms with Gasteiger partial charge in [-0.25, -0.2) is 0 Å². The molecule has 126 valence electrons. The Morgan fingerprint density at radius 2 is 2.04 bits per heavy atom. The summed E-state index contributed by atoms with van der Waals surface area (Å²) in [6, 6.07) is 7.38. The third-order valence-corrected chi connectivity index (χ3v) is 3.45. The number of carbonyl (C=O) groups is 2. The predicted molar refractivity (Wildman–Crippen MR) is 82.8 cm³/mol. The Kier molecular flexibility index (Phi) is 4.66. The van der Waals surface area contributed by atoms with E-state index in [1.165, 1.54) is 6.26 Å². The van der Waals surface area contributed by atoms with Crippen molar-refractivity contribution in [1.82, 2.24) is 5.32 Å². The molecule has 1 aliphatic rings. The Balaban J connectivity index is 1.56. The molecule has 0 aliphatic carbocycles. The summed E-state index contributed by atoms with van der Waals surface area (Å²) in [6.07, 6.45) is 1.28. The number of carbonyl (C=O) groups excluding carboxylic acids is 1. The molecule has 2 aromatic rings. The Labute approximate surface area is 137 Å². The van der Waals surface area contributed by atoms with Gasteiger partial charge in [0.25, 0.3) is 0 Å². The second kappa shape index (κ2) is 7.05. The highest BCUT2D eigenvalue weighted by Crippen LogP contribution is 2.34. The van der Waals surface area contributed by atoms with Gasteiger partial charge >= 0.3 is 5.97 Å². The second-order valence-electron chi connectivity index (χ2n) is 5.17. The first kappa shape index (κ1) is 15.9. The quantitative estimate of drug-likeness (QED) is 0.706. The molecule has 8 nitrogen and oxygen atoms in total. The first-order chi connectivity index (χ1) is 11.6. The first-order valence-corrected chi connectivity index (χ1v) is 7.30. The number of hydrogen-bond donors (Lipinski definition) is 3. The number of rotatable bonds is 7. The molecule has 1 aliphatic heterocycles. The Hall–Kier alpha value is -3.00. The van der Waals surface area contributed by atoms with Crippen molar-refractivity contribution in [2.75, 3.05) is 12.1 Å². The van der Waals surface area contributed by atoms with Crippen LogP contribution in [0.3, 0.4) is 0 Å². The van der Waals surface area contributed by atoms with Crippen molar-refractivity contribution < 1.29 is 28.6 Å². The number of carboxylic acids is 1. The third-order valence-electron chi connectivity index (χ3n) is 3.45. The van der Waals surface area contributed by atoms with E-state index in [2.05, 4.69) is 10.6 Å². The number of carboxylic acid groups (broad SMARTS) is 1. The van der Waals surface area contributed by atoms with Crippen LogP contribution in [0.15, 0.2) is 41.0 Å². The van der Waals surface area contributed by atoms with E-state index < -0.39 is 17.9 Å². The molecule has 1 unspecified atom stereocenters. The van der Waals surface area contributed by atoms with Crippen LogP contribution in [0.1, 0.15) is 12.2 Å². The van der Waals surface area contributed by atoms with E-state index in [1.54, 1.807) is 30.3 Å². The van der Waals surface area contributed by atoms with Crippen molar-refractivity contribution >= 4 is 17.6 Å². The van der Waals surface area contributed by atoms with Crippen LogP contribution >= 0.6 is 0 Å². The van der Waals surface area contributed by atoms with Gasteiger partial charge in [-0.2, -0.15) is 0 Å². The van der Waals surface area contributed by atoms with Gasteiger partial charge in [-0.3, -0.25) is 14.9 Å². The van der Waals surface area contributed by atoms with Crippen molar-refractivity contribution in [3.05, 3.63) is 42.4 Å². The molecule has 3 rings (SSSR count). The topological polar surface area (TPSA) is 110 Å². The largest absolute Gasteiger partial charge is 0.480 e. The average Bonchev–Trinajstić information content (AvgIpc) is 3.21. The number of aliphatic carboxylic acids is 1. The molecule has 3 N–H and O–H groups in total. The summed E-state index contributed by atoms with van der Waals surface area (Å²) < 4.78 is 15.5. The van der Waals surface area contributed by atoms with Gasteiger partial charge in [0.05, 0.1) is 19.2 Å². The normalized spacial score (nSPS) is 13.5. The second-order valence-corrected chi connectivity index (χ2v) is 5.17. The maximum Gasteiger partial charge on any atom is 0.321 e. The zero-order valence-electron chi connectivity index (χ0n) is 12.7. The van der Waals surface area contributed by atoms with Gasteiger partial charge in [-0.15, -0.1) is 0 Å². The highest BCUT2D eigenvalue weighted by molar-refractivity contribution is 5.94. The van der Waals surface area contributed by atoms with E-state index in [-0.39, 0.29) is 19.8 Å². The van der Waals surface area contributed by atoms with E-state index >= 15 is 0 Å². The first-order valence-electron chi connectivity index (χ1n) is 7.30. The fourth-order valence-corrected chi connectivity index (χ4v) is 2.26. The molecule has 2 heterocycles. The minimum atomic E-state index is -1.11. The van der Waals surface area contributed by atoms with Crippen LogP contribution in [0, 0.1) is 0 Å². The lowest BCUT2D eigenvalue weighted by Gasteiger charge is -2.13. The molecule has 0 radical (unpaired) electrons. The van der Waals surface area contributed by atoms with Crippen molar-refractivity contribution in [3.8, 4) is 11.5 Å². The molecule has 1 aromatic carbocycles. The lowest BCUT2D eigenvalue weighted by atomic mass is 10.2. The molecule has 1 amide bonds. The lowest BCUT2D eigenvalue weighted by molar-refractivity contribution is -0.141. The molecular weight excluding hydrogens is 316 g/mol. The van der Waals surface area contributed by atoms with Gasteiger partial charge in [0.2, 0.25) is 12.7 Å². The van der Waals surface area contributed by atoms with E-state index in [9.17, 15) is 14.7 Å². The van der Waals surface area contributed by atoms with Crippen molar-refractivity contribution in [2.45, 2.75) is 19.0 Å². The zero-order chi connectivity index (χ0) is 16.9. The molecule has 0 bridgehead atoms. The lowest BCUT2D eigenvalue weighted by Crippen LogP contribution is -2.39. The van der Waals surface area contributed by atoms with Gasteiger partial charge in [-0.1, -0.05) is 0 Å². The molecule has 0 saturated carbocycles. The fourth-order valence-electron chi connectivity index (χ4n) is 2.26. The highest BCUT2D eigenvalue weighted by Gasteiger charge is 2.22.